The van der Waals surface area contributed by atoms with Gasteiger partial charge < -0.3 is 10.1 Å². The lowest BCUT2D eigenvalue weighted by Gasteiger charge is -2.16. The molecule has 0 aliphatic heterocycles. The number of para-hydroxylation sites is 1. The summed E-state index contributed by atoms with van der Waals surface area (Å²) in [5, 5.41) is 2.85. The molecule has 3 nitrogen and oxygen atoms in total. The van der Waals surface area contributed by atoms with E-state index in [4.69, 9.17) is 4.74 Å². The fourth-order valence-corrected chi connectivity index (χ4v) is 2.11. The van der Waals surface area contributed by atoms with Crippen LogP contribution in [0, 0.1) is 19.7 Å². The molecular weight excluding hydrogens is 281 g/mol. The van der Waals surface area contributed by atoms with Gasteiger partial charge in [-0.1, -0.05) is 30.3 Å². The van der Waals surface area contributed by atoms with Crippen LogP contribution in [-0.4, -0.2) is 12.5 Å². The largest absolute Gasteiger partial charge is 0.481 e. The molecule has 22 heavy (non-hydrogen) atoms. The van der Waals surface area contributed by atoms with Crippen LogP contribution in [0.3, 0.4) is 0 Å². The third-order valence-corrected chi connectivity index (χ3v) is 3.60. The molecule has 2 rings (SSSR count). The molecule has 1 unspecified atom stereocenters. The predicted octanol–water partition coefficient (Wildman–Crippen LogP) is 3.70. The number of benzene rings is 2. The minimum Gasteiger partial charge on any atom is -0.481 e. The van der Waals surface area contributed by atoms with E-state index in [1.54, 1.807) is 12.1 Å². The van der Waals surface area contributed by atoms with Crippen molar-refractivity contribution in [2.24, 2.45) is 0 Å². The van der Waals surface area contributed by atoms with Gasteiger partial charge in [-0.25, -0.2) is 4.39 Å². The standard InChI is InChI=1S/C18H20FNO2/c1-12-8-9-15(10-13(12)2)14(3)20-18(21)11-22-17-7-5-4-6-16(17)19/h4-10,14H,11H2,1-3H3,(H,20,21). The number of amides is 1. The molecule has 2 aromatic carbocycles. The van der Waals surface area contributed by atoms with Crippen molar-refractivity contribution in [3.63, 3.8) is 0 Å². The maximum Gasteiger partial charge on any atom is 0.258 e. The number of carbonyl (C=O) groups is 1. The Labute approximate surface area is 130 Å². The lowest BCUT2D eigenvalue weighted by molar-refractivity contribution is -0.123. The van der Waals surface area contributed by atoms with E-state index in [9.17, 15) is 9.18 Å². The number of hydrogen-bond donors (Lipinski definition) is 1. The highest BCUT2D eigenvalue weighted by Crippen LogP contribution is 2.17. The van der Waals surface area contributed by atoms with Crippen molar-refractivity contribution in [3.8, 4) is 5.75 Å². The van der Waals surface area contributed by atoms with Gasteiger partial charge in [0.2, 0.25) is 0 Å². The molecule has 0 fully saturated rings. The Bertz CT molecular complexity index is 670. The minimum absolute atomic E-state index is 0.0801. The number of halogens is 1. The van der Waals surface area contributed by atoms with E-state index in [0.29, 0.717) is 0 Å². The summed E-state index contributed by atoms with van der Waals surface area (Å²) in [5.74, 6) is -0.678. The molecule has 0 heterocycles. The molecule has 116 valence electrons. The van der Waals surface area contributed by atoms with Crippen LogP contribution in [0.4, 0.5) is 4.39 Å². The fourth-order valence-electron chi connectivity index (χ4n) is 2.11. The van der Waals surface area contributed by atoms with Crippen molar-refractivity contribution in [2.75, 3.05) is 6.61 Å². The van der Waals surface area contributed by atoms with Gasteiger partial charge in [-0.05, 0) is 49.6 Å². The molecule has 2 aromatic rings. The third kappa shape index (κ3) is 4.07. The molecule has 0 saturated heterocycles. The van der Waals surface area contributed by atoms with Gasteiger partial charge in [-0.2, -0.15) is 0 Å². The molecule has 0 bridgehead atoms. The van der Waals surface area contributed by atoms with Crippen molar-refractivity contribution in [1.82, 2.24) is 5.32 Å². The Morgan fingerprint density at radius 2 is 1.91 bits per heavy atom. The van der Waals surface area contributed by atoms with Gasteiger partial charge in [-0.15, -0.1) is 0 Å². The SMILES string of the molecule is Cc1ccc(C(C)NC(=O)COc2ccccc2F)cc1C. The molecular formula is C18H20FNO2. The van der Waals surface area contributed by atoms with E-state index in [2.05, 4.69) is 11.4 Å². The molecule has 0 aliphatic rings. The van der Waals surface area contributed by atoms with Gasteiger partial charge in [0.15, 0.2) is 18.2 Å². The van der Waals surface area contributed by atoms with E-state index in [0.717, 1.165) is 5.56 Å². The normalized spacial score (nSPS) is 11.8. The highest BCUT2D eigenvalue weighted by Gasteiger charge is 2.11. The molecule has 1 N–H and O–H groups in total. The summed E-state index contributed by atoms with van der Waals surface area (Å²) in [6.07, 6.45) is 0. The van der Waals surface area contributed by atoms with Crippen LogP contribution >= 0.6 is 0 Å². The summed E-state index contributed by atoms with van der Waals surface area (Å²) in [6, 6.07) is 12.0. The summed E-state index contributed by atoms with van der Waals surface area (Å²) >= 11 is 0. The van der Waals surface area contributed by atoms with Crippen LogP contribution in [0.15, 0.2) is 42.5 Å². The molecule has 0 aromatic heterocycles. The van der Waals surface area contributed by atoms with E-state index in [-0.39, 0.29) is 24.3 Å². The Morgan fingerprint density at radius 1 is 1.18 bits per heavy atom. The number of rotatable bonds is 5. The molecule has 0 aliphatic carbocycles. The van der Waals surface area contributed by atoms with Gasteiger partial charge in [0.05, 0.1) is 6.04 Å². The smallest absolute Gasteiger partial charge is 0.258 e. The average Bonchev–Trinajstić information content (AvgIpc) is 2.49. The van der Waals surface area contributed by atoms with Gasteiger partial charge in [0.25, 0.3) is 5.91 Å². The maximum atomic E-state index is 13.4. The topological polar surface area (TPSA) is 38.3 Å². The number of ether oxygens (including phenoxy) is 1. The molecule has 0 spiro atoms. The Morgan fingerprint density at radius 3 is 2.59 bits per heavy atom. The minimum atomic E-state index is -0.475. The fraction of sp³-hybridized carbons (Fsp3) is 0.278. The second kappa shape index (κ2) is 7.07. The highest BCUT2D eigenvalue weighted by atomic mass is 19.1. The lowest BCUT2D eigenvalue weighted by atomic mass is 10.0. The van der Waals surface area contributed by atoms with Crippen LogP contribution < -0.4 is 10.1 Å². The number of hydrogen-bond acceptors (Lipinski definition) is 2. The second-order valence-corrected chi connectivity index (χ2v) is 5.35. The van der Waals surface area contributed by atoms with E-state index >= 15 is 0 Å². The first kappa shape index (κ1) is 16.0. The first-order chi connectivity index (χ1) is 10.5. The zero-order valence-corrected chi connectivity index (χ0v) is 13.0. The maximum absolute atomic E-state index is 13.4. The molecule has 4 heteroatoms. The number of aryl methyl sites for hydroxylation is 2. The summed E-state index contributed by atoms with van der Waals surface area (Å²) in [6.45, 7) is 5.78. The quantitative estimate of drug-likeness (QED) is 0.914. The highest BCUT2D eigenvalue weighted by molar-refractivity contribution is 5.78. The summed E-state index contributed by atoms with van der Waals surface area (Å²) in [4.78, 5) is 11.9. The second-order valence-electron chi connectivity index (χ2n) is 5.35. The zero-order valence-electron chi connectivity index (χ0n) is 13.0. The average molecular weight is 301 g/mol. The van der Waals surface area contributed by atoms with Crippen molar-refractivity contribution >= 4 is 5.91 Å². The van der Waals surface area contributed by atoms with Crippen LogP contribution in [0.5, 0.6) is 5.75 Å². The van der Waals surface area contributed by atoms with E-state index < -0.39 is 5.82 Å². The molecule has 1 amide bonds. The van der Waals surface area contributed by atoms with Crippen molar-refractivity contribution < 1.29 is 13.9 Å². The molecule has 1 atom stereocenters. The van der Waals surface area contributed by atoms with Crippen molar-refractivity contribution in [1.29, 1.82) is 0 Å². The van der Waals surface area contributed by atoms with Crippen LogP contribution in [0.2, 0.25) is 0 Å². The van der Waals surface area contributed by atoms with Gasteiger partial charge in [0.1, 0.15) is 0 Å². The van der Waals surface area contributed by atoms with Crippen LogP contribution in [-0.2, 0) is 4.79 Å². The van der Waals surface area contributed by atoms with E-state index in [1.165, 1.54) is 23.3 Å². The van der Waals surface area contributed by atoms with Crippen LogP contribution in [0.1, 0.15) is 29.7 Å². The van der Waals surface area contributed by atoms with Gasteiger partial charge in [0, 0.05) is 0 Å². The Kier molecular flexibility index (Phi) is 5.15. The lowest BCUT2D eigenvalue weighted by Crippen LogP contribution is -2.31. The first-order valence-electron chi connectivity index (χ1n) is 7.21. The van der Waals surface area contributed by atoms with Crippen LogP contribution in [0.25, 0.3) is 0 Å². The molecule has 0 saturated carbocycles. The van der Waals surface area contributed by atoms with Gasteiger partial charge >= 0.3 is 0 Å². The van der Waals surface area contributed by atoms with E-state index in [1.807, 2.05) is 32.9 Å². The Hall–Kier alpha value is -2.36. The van der Waals surface area contributed by atoms with Gasteiger partial charge in [-0.3, -0.25) is 4.79 Å². The van der Waals surface area contributed by atoms with Crippen molar-refractivity contribution in [3.05, 3.63) is 65.0 Å². The first-order valence-corrected chi connectivity index (χ1v) is 7.21. The summed E-state index contributed by atoms with van der Waals surface area (Å²) in [7, 11) is 0. The third-order valence-electron chi connectivity index (χ3n) is 3.60. The molecule has 0 radical (unpaired) electrons. The summed E-state index contributed by atoms with van der Waals surface area (Å²) < 4.78 is 18.6. The van der Waals surface area contributed by atoms with Crippen molar-refractivity contribution in [2.45, 2.75) is 26.8 Å². The number of nitrogens with one attached hydrogen (secondary N) is 1. The Balaban J connectivity index is 1.91. The monoisotopic (exact) mass is 301 g/mol. The number of carbonyl (C=O) groups excluding carboxylic acids is 1. The summed E-state index contributed by atoms with van der Waals surface area (Å²) in [5.41, 5.74) is 3.42. The predicted molar refractivity (Wildman–Crippen MR) is 84.4 cm³/mol. The zero-order chi connectivity index (χ0) is 16.1.